The molecule has 1 fully saturated rings. The van der Waals surface area contributed by atoms with E-state index in [0.717, 1.165) is 35.5 Å². The average molecular weight is 393 g/mol. The van der Waals surface area contributed by atoms with Crippen LogP contribution in [0.2, 0.25) is 0 Å². The topological polar surface area (TPSA) is 76.1 Å². The maximum Gasteiger partial charge on any atom is 0.220 e. The van der Waals surface area contributed by atoms with E-state index in [9.17, 15) is 13.2 Å². The Morgan fingerprint density at radius 2 is 2.08 bits per heavy atom. The summed E-state index contributed by atoms with van der Waals surface area (Å²) in [4.78, 5) is 16.6. The van der Waals surface area contributed by atoms with Crippen LogP contribution >= 0.6 is 11.3 Å². The molecule has 2 heterocycles. The van der Waals surface area contributed by atoms with Crippen LogP contribution in [0.25, 0.3) is 10.6 Å². The monoisotopic (exact) mass is 392 g/mol. The number of hydrogen-bond donors (Lipinski definition) is 1. The number of thiazole rings is 1. The van der Waals surface area contributed by atoms with Crippen LogP contribution < -0.4 is 5.32 Å². The standard InChI is InChI=1S/C19H24N2O3S2/c22-18(20-11-4-5-15-10-12-26(23,24)14-15)9-8-17-13-25-19(21-17)16-6-2-1-3-7-16/h1-3,6-7,13,15H,4-5,8-12,14H2,(H,20,22). The van der Waals surface area contributed by atoms with E-state index in [4.69, 9.17) is 0 Å². The predicted molar refractivity (Wildman–Crippen MR) is 105 cm³/mol. The molecule has 0 aliphatic carbocycles. The molecule has 1 amide bonds. The number of nitrogens with one attached hydrogen (secondary N) is 1. The van der Waals surface area contributed by atoms with Crippen LogP contribution in [0.5, 0.6) is 0 Å². The molecule has 1 aromatic heterocycles. The Hall–Kier alpha value is -1.73. The molecule has 0 bridgehead atoms. The lowest BCUT2D eigenvalue weighted by atomic mass is 10.0. The lowest BCUT2D eigenvalue weighted by Gasteiger charge is -2.08. The van der Waals surface area contributed by atoms with E-state index in [2.05, 4.69) is 10.3 Å². The van der Waals surface area contributed by atoms with Crippen LogP contribution in [-0.4, -0.2) is 37.4 Å². The number of aromatic nitrogens is 1. The van der Waals surface area contributed by atoms with Gasteiger partial charge in [0.2, 0.25) is 5.91 Å². The van der Waals surface area contributed by atoms with Gasteiger partial charge in [0.25, 0.3) is 0 Å². The van der Waals surface area contributed by atoms with Crippen molar-refractivity contribution in [2.24, 2.45) is 5.92 Å². The Balaban J connectivity index is 1.34. The van der Waals surface area contributed by atoms with E-state index >= 15 is 0 Å². The number of hydrogen-bond acceptors (Lipinski definition) is 5. The van der Waals surface area contributed by atoms with Gasteiger partial charge in [0.05, 0.1) is 17.2 Å². The second-order valence-corrected chi connectivity index (χ2v) is 9.86. The number of aryl methyl sites for hydroxylation is 1. The van der Waals surface area contributed by atoms with Crippen LogP contribution in [0.15, 0.2) is 35.7 Å². The summed E-state index contributed by atoms with van der Waals surface area (Å²) in [7, 11) is -2.80. The van der Waals surface area contributed by atoms with Crippen molar-refractivity contribution in [2.45, 2.75) is 32.1 Å². The molecule has 1 N–H and O–H groups in total. The summed E-state index contributed by atoms with van der Waals surface area (Å²) in [6, 6.07) is 10.0. The number of nitrogens with zero attached hydrogens (tertiary/aromatic N) is 1. The van der Waals surface area contributed by atoms with Crippen LogP contribution in [-0.2, 0) is 21.1 Å². The van der Waals surface area contributed by atoms with Crippen molar-refractivity contribution >= 4 is 27.1 Å². The molecule has 1 aliphatic heterocycles. The fourth-order valence-electron chi connectivity index (χ4n) is 3.18. The van der Waals surface area contributed by atoms with Crippen molar-refractivity contribution in [2.75, 3.05) is 18.1 Å². The number of sulfone groups is 1. The van der Waals surface area contributed by atoms with Gasteiger partial charge in [0.1, 0.15) is 5.01 Å². The molecule has 5 nitrogen and oxygen atoms in total. The van der Waals surface area contributed by atoms with E-state index in [-0.39, 0.29) is 11.8 Å². The summed E-state index contributed by atoms with van der Waals surface area (Å²) in [5, 5.41) is 5.91. The second kappa shape index (κ2) is 8.77. The summed E-state index contributed by atoms with van der Waals surface area (Å²) in [5.74, 6) is 0.929. The van der Waals surface area contributed by atoms with Gasteiger partial charge >= 0.3 is 0 Å². The summed E-state index contributed by atoms with van der Waals surface area (Å²) < 4.78 is 22.8. The van der Waals surface area contributed by atoms with E-state index in [1.54, 1.807) is 11.3 Å². The lowest BCUT2D eigenvalue weighted by molar-refractivity contribution is -0.121. The lowest BCUT2D eigenvalue weighted by Crippen LogP contribution is -2.25. The van der Waals surface area contributed by atoms with E-state index in [1.165, 1.54) is 0 Å². The van der Waals surface area contributed by atoms with Gasteiger partial charge in [-0.25, -0.2) is 13.4 Å². The Morgan fingerprint density at radius 1 is 1.27 bits per heavy atom. The highest BCUT2D eigenvalue weighted by molar-refractivity contribution is 7.91. The van der Waals surface area contributed by atoms with Gasteiger partial charge in [-0.05, 0) is 31.6 Å². The first-order valence-corrected chi connectivity index (χ1v) is 11.7. The fourth-order valence-corrected chi connectivity index (χ4v) is 5.95. The number of benzene rings is 1. The summed E-state index contributed by atoms with van der Waals surface area (Å²) in [5.41, 5.74) is 2.04. The first kappa shape index (κ1) is 19.0. The molecule has 1 unspecified atom stereocenters. The van der Waals surface area contributed by atoms with Gasteiger partial charge < -0.3 is 5.32 Å². The molecular weight excluding hydrogens is 368 g/mol. The number of carbonyl (C=O) groups is 1. The average Bonchev–Trinajstić information content (AvgIpc) is 3.24. The van der Waals surface area contributed by atoms with Crippen LogP contribution in [0, 0.1) is 5.92 Å². The molecule has 0 radical (unpaired) electrons. The third-order valence-electron chi connectivity index (χ3n) is 4.62. The summed E-state index contributed by atoms with van der Waals surface area (Å²) in [6.07, 6.45) is 3.53. The van der Waals surface area contributed by atoms with Gasteiger partial charge in [-0.15, -0.1) is 11.3 Å². The van der Waals surface area contributed by atoms with E-state index < -0.39 is 9.84 Å². The van der Waals surface area contributed by atoms with Crippen LogP contribution in [0.1, 0.15) is 31.4 Å². The zero-order chi connectivity index (χ0) is 18.4. The SMILES string of the molecule is O=C(CCc1csc(-c2ccccc2)n1)NCCCC1CCS(=O)(=O)C1. The Labute approximate surface area is 158 Å². The van der Waals surface area contributed by atoms with Crippen molar-refractivity contribution in [3.05, 3.63) is 41.4 Å². The predicted octanol–water partition coefficient (Wildman–Crippen LogP) is 3.07. The van der Waals surface area contributed by atoms with Crippen LogP contribution in [0.3, 0.4) is 0 Å². The molecule has 0 saturated carbocycles. The molecule has 0 spiro atoms. The number of carbonyl (C=O) groups excluding carboxylic acids is 1. The second-order valence-electron chi connectivity index (χ2n) is 6.77. The van der Waals surface area contributed by atoms with Crippen molar-refractivity contribution < 1.29 is 13.2 Å². The number of amides is 1. The first-order chi connectivity index (χ1) is 12.5. The minimum absolute atomic E-state index is 0.0262. The molecule has 26 heavy (non-hydrogen) atoms. The molecule has 2 aromatic rings. The molecule has 1 aromatic carbocycles. The Morgan fingerprint density at radius 3 is 2.81 bits per heavy atom. The van der Waals surface area contributed by atoms with Gasteiger partial charge in [-0.1, -0.05) is 30.3 Å². The van der Waals surface area contributed by atoms with Crippen molar-refractivity contribution in [1.29, 1.82) is 0 Å². The smallest absolute Gasteiger partial charge is 0.220 e. The van der Waals surface area contributed by atoms with Gasteiger partial charge in [0.15, 0.2) is 9.84 Å². The highest BCUT2D eigenvalue weighted by Gasteiger charge is 2.27. The highest BCUT2D eigenvalue weighted by atomic mass is 32.2. The molecule has 3 rings (SSSR count). The maximum absolute atomic E-state index is 12.0. The largest absolute Gasteiger partial charge is 0.356 e. The molecule has 1 aliphatic rings. The maximum atomic E-state index is 12.0. The van der Waals surface area contributed by atoms with Crippen LogP contribution in [0.4, 0.5) is 0 Å². The summed E-state index contributed by atoms with van der Waals surface area (Å²) in [6.45, 7) is 0.613. The van der Waals surface area contributed by atoms with Crippen molar-refractivity contribution in [3.8, 4) is 10.6 Å². The quantitative estimate of drug-likeness (QED) is 0.701. The normalized spacial score (nSPS) is 18.7. The Bertz CT molecular complexity index is 831. The van der Waals surface area contributed by atoms with Crippen molar-refractivity contribution in [1.82, 2.24) is 10.3 Å². The molecule has 7 heteroatoms. The van der Waals surface area contributed by atoms with Gasteiger partial charge in [-0.2, -0.15) is 0 Å². The Kier molecular flexibility index (Phi) is 6.43. The van der Waals surface area contributed by atoms with E-state index in [1.807, 2.05) is 35.7 Å². The molecule has 140 valence electrons. The van der Waals surface area contributed by atoms with Crippen molar-refractivity contribution in [3.63, 3.8) is 0 Å². The molecule has 1 atom stereocenters. The zero-order valence-corrected chi connectivity index (χ0v) is 16.3. The first-order valence-electron chi connectivity index (χ1n) is 8.99. The third-order valence-corrected chi connectivity index (χ3v) is 7.40. The van der Waals surface area contributed by atoms with E-state index in [0.29, 0.717) is 30.9 Å². The minimum atomic E-state index is -2.80. The fraction of sp³-hybridized carbons (Fsp3) is 0.474. The molecule has 1 saturated heterocycles. The van der Waals surface area contributed by atoms with Gasteiger partial charge in [0, 0.05) is 23.9 Å². The summed E-state index contributed by atoms with van der Waals surface area (Å²) >= 11 is 1.60. The number of rotatable bonds is 8. The third kappa shape index (κ3) is 5.64. The minimum Gasteiger partial charge on any atom is -0.356 e. The molecular formula is C19H24N2O3S2. The van der Waals surface area contributed by atoms with Gasteiger partial charge in [-0.3, -0.25) is 4.79 Å². The zero-order valence-electron chi connectivity index (χ0n) is 14.7. The highest BCUT2D eigenvalue weighted by Crippen LogP contribution is 2.24.